The van der Waals surface area contributed by atoms with Crippen LogP contribution >= 0.6 is 23.2 Å². The smallest absolute Gasteiger partial charge is 0.227 e. The van der Waals surface area contributed by atoms with E-state index >= 15 is 0 Å². The van der Waals surface area contributed by atoms with Crippen molar-refractivity contribution in [3.05, 3.63) is 33.8 Å². The minimum absolute atomic E-state index is 0.165. The van der Waals surface area contributed by atoms with Gasteiger partial charge in [-0.3, -0.25) is 4.79 Å². The van der Waals surface area contributed by atoms with Crippen molar-refractivity contribution in [2.24, 2.45) is 5.92 Å². The van der Waals surface area contributed by atoms with E-state index in [1.807, 2.05) is 18.0 Å². The molecule has 0 radical (unpaired) electrons. The first-order valence-corrected chi connectivity index (χ1v) is 9.63. The molecule has 24 heavy (non-hydrogen) atoms. The van der Waals surface area contributed by atoms with Crippen molar-refractivity contribution in [2.75, 3.05) is 20.6 Å². The van der Waals surface area contributed by atoms with E-state index in [4.69, 9.17) is 23.2 Å². The zero-order chi connectivity index (χ0) is 17.3. The lowest BCUT2D eigenvalue weighted by Crippen LogP contribution is -2.58. The van der Waals surface area contributed by atoms with E-state index < -0.39 is 0 Å². The quantitative estimate of drug-likeness (QED) is 0.795. The van der Waals surface area contributed by atoms with Crippen molar-refractivity contribution in [3.8, 4) is 0 Å². The van der Waals surface area contributed by atoms with Crippen LogP contribution in [0, 0.1) is 5.92 Å². The molecule has 3 nitrogen and oxygen atoms in total. The third-order valence-electron chi connectivity index (χ3n) is 5.78. The third-order valence-corrected chi connectivity index (χ3v) is 6.52. The van der Waals surface area contributed by atoms with E-state index in [1.54, 1.807) is 12.1 Å². The number of likely N-dealkylation sites (N-methyl/N-ethyl adjacent to an activating group) is 2. The standard InChI is InChI=1S/C19H26Cl2N2O/c1-22-10-4-6-14-5-3-7-17(19(14)22)23(2)18(24)12-13-8-9-15(20)16(21)11-13/h8-9,11,14,17,19H,3-7,10,12H2,1-2H3. The number of carbonyl (C=O) groups excluding carboxylic acids is 1. The van der Waals surface area contributed by atoms with E-state index in [2.05, 4.69) is 11.9 Å². The maximum atomic E-state index is 12.8. The SMILES string of the molecule is CN1CCCC2CCCC(N(C)C(=O)Cc3ccc(Cl)c(Cl)c3)C21. The molecule has 5 heteroatoms. The highest BCUT2D eigenvalue weighted by Gasteiger charge is 2.40. The van der Waals surface area contributed by atoms with Gasteiger partial charge in [-0.1, -0.05) is 35.7 Å². The van der Waals surface area contributed by atoms with Gasteiger partial charge in [-0.15, -0.1) is 0 Å². The van der Waals surface area contributed by atoms with Crippen LogP contribution in [0.4, 0.5) is 0 Å². The number of benzene rings is 1. The monoisotopic (exact) mass is 368 g/mol. The maximum absolute atomic E-state index is 12.8. The minimum Gasteiger partial charge on any atom is -0.341 e. The molecule has 3 unspecified atom stereocenters. The van der Waals surface area contributed by atoms with Gasteiger partial charge < -0.3 is 9.80 Å². The molecule has 2 fully saturated rings. The molecule has 1 aliphatic carbocycles. The van der Waals surface area contributed by atoms with Gasteiger partial charge >= 0.3 is 0 Å². The van der Waals surface area contributed by atoms with Gasteiger partial charge in [-0.2, -0.15) is 0 Å². The van der Waals surface area contributed by atoms with Gasteiger partial charge in [0.25, 0.3) is 0 Å². The molecule has 1 amide bonds. The van der Waals surface area contributed by atoms with Crippen molar-refractivity contribution < 1.29 is 4.79 Å². The topological polar surface area (TPSA) is 23.6 Å². The summed E-state index contributed by atoms with van der Waals surface area (Å²) in [5, 5.41) is 1.04. The van der Waals surface area contributed by atoms with Gasteiger partial charge in [-0.25, -0.2) is 0 Å². The molecular formula is C19H26Cl2N2O. The number of amides is 1. The number of hydrogen-bond acceptors (Lipinski definition) is 2. The number of carbonyl (C=O) groups is 1. The summed E-state index contributed by atoms with van der Waals surface area (Å²) in [6.45, 7) is 1.15. The number of fused-ring (bicyclic) bond motifs is 1. The van der Waals surface area contributed by atoms with Crippen LogP contribution in [0.1, 0.15) is 37.7 Å². The summed E-state index contributed by atoms with van der Waals surface area (Å²) in [5.41, 5.74) is 0.922. The second-order valence-electron chi connectivity index (χ2n) is 7.30. The summed E-state index contributed by atoms with van der Waals surface area (Å²) < 4.78 is 0. The van der Waals surface area contributed by atoms with Crippen molar-refractivity contribution in [1.82, 2.24) is 9.80 Å². The Morgan fingerprint density at radius 2 is 1.96 bits per heavy atom. The molecule has 3 rings (SSSR count). The van der Waals surface area contributed by atoms with Crippen molar-refractivity contribution in [1.29, 1.82) is 0 Å². The van der Waals surface area contributed by atoms with Crippen LogP contribution in [0.25, 0.3) is 0 Å². The first kappa shape index (κ1) is 18.0. The Bertz CT molecular complexity index is 605. The zero-order valence-corrected chi connectivity index (χ0v) is 16.0. The summed E-state index contributed by atoms with van der Waals surface area (Å²) in [6, 6.07) is 6.28. The van der Waals surface area contributed by atoms with Crippen LogP contribution in [0.3, 0.4) is 0 Å². The Labute approximate surface area is 154 Å². The fourth-order valence-corrected chi connectivity index (χ4v) is 4.84. The molecule has 0 spiro atoms. The number of likely N-dealkylation sites (tertiary alicyclic amines) is 1. The van der Waals surface area contributed by atoms with E-state index in [-0.39, 0.29) is 5.91 Å². The summed E-state index contributed by atoms with van der Waals surface area (Å²) in [5.74, 6) is 0.903. The maximum Gasteiger partial charge on any atom is 0.227 e. The summed E-state index contributed by atoms with van der Waals surface area (Å²) in [6.07, 6.45) is 6.61. The molecule has 0 bridgehead atoms. The molecular weight excluding hydrogens is 343 g/mol. The van der Waals surface area contributed by atoms with E-state index in [1.165, 1.54) is 25.7 Å². The molecule has 1 heterocycles. The molecule has 3 atom stereocenters. The Morgan fingerprint density at radius 1 is 1.21 bits per heavy atom. The van der Waals surface area contributed by atoms with Gasteiger partial charge in [0.2, 0.25) is 5.91 Å². The van der Waals surface area contributed by atoms with Crippen LogP contribution < -0.4 is 0 Å². The van der Waals surface area contributed by atoms with Gasteiger partial charge in [0.15, 0.2) is 0 Å². The lowest BCUT2D eigenvalue weighted by Gasteiger charge is -2.49. The number of piperidine rings is 1. The third kappa shape index (κ3) is 3.74. The fourth-order valence-electron chi connectivity index (χ4n) is 4.52. The normalized spacial score (nSPS) is 27.6. The Morgan fingerprint density at radius 3 is 2.71 bits per heavy atom. The molecule has 1 aliphatic heterocycles. The molecule has 1 aromatic rings. The number of rotatable bonds is 3. The van der Waals surface area contributed by atoms with Gasteiger partial charge in [-0.05, 0) is 62.9 Å². The van der Waals surface area contributed by atoms with Crippen molar-refractivity contribution in [2.45, 2.75) is 50.6 Å². The molecule has 1 saturated heterocycles. The van der Waals surface area contributed by atoms with Crippen LogP contribution in [-0.2, 0) is 11.2 Å². The van der Waals surface area contributed by atoms with Crippen LogP contribution in [0.5, 0.6) is 0 Å². The summed E-state index contributed by atoms with van der Waals surface area (Å²) >= 11 is 12.0. The largest absolute Gasteiger partial charge is 0.341 e. The van der Waals surface area contributed by atoms with Crippen molar-refractivity contribution in [3.63, 3.8) is 0 Å². The van der Waals surface area contributed by atoms with E-state index in [0.717, 1.165) is 24.4 Å². The van der Waals surface area contributed by atoms with Gasteiger partial charge in [0, 0.05) is 19.1 Å². The highest BCUT2D eigenvalue weighted by molar-refractivity contribution is 6.42. The highest BCUT2D eigenvalue weighted by atomic mass is 35.5. The molecule has 132 valence electrons. The number of halogens is 2. The first-order valence-electron chi connectivity index (χ1n) is 8.87. The molecule has 2 aliphatic rings. The predicted molar refractivity (Wildman–Crippen MR) is 99.7 cm³/mol. The van der Waals surface area contributed by atoms with Crippen molar-refractivity contribution >= 4 is 29.1 Å². The lowest BCUT2D eigenvalue weighted by atomic mass is 9.75. The molecule has 1 aromatic carbocycles. The second kappa shape index (κ2) is 7.63. The number of hydrogen-bond donors (Lipinski definition) is 0. The molecule has 0 N–H and O–H groups in total. The fraction of sp³-hybridized carbons (Fsp3) is 0.632. The van der Waals surface area contributed by atoms with Crippen LogP contribution in [0.2, 0.25) is 10.0 Å². The molecule has 0 aromatic heterocycles. The average Bonchev–Trinajstić information content (AvgIpc) is 2.57. The zero-order valence-electron chi connectivity index (χ0n) is 14.5. The molecule has 1 saturated carbocycles. The Kier molecular flexibility index (Phi) is 5.74. The number of nitrogens with zero attached hydrogens (tertiary/aromatic N) is 2. The Hall–Kier alpha value is -0.770. The van der Waals surface area contributed by atoms with Crippen LogP contribution in [-0.4, -0.2) is 48.4 Å². The predicted octanol–water partition coefficient (Wildman–Crippen LogP) is 4.26. The summed E-state index contributed by atoms with van der Waals surface area (Å²) in [7, 11) is 4.18. The van der Waals surface area contributed by atoms with E-state index in [9.17, 15) is 4.79 Å². The van der Waals surface area contributed by atoms with Gasteiger partial charge in [0.05, 0.1) is 16.5 Å². The first-order chi connectivity index (χ1) is 11.5. The van der Waals surface area contributed by atoms with E-state index in [0.29, 0.717) is 28.5 Å². The minimum atomic E-state index is 0.165. The lowest BCUT2D eigenvalue weighted by molar-refractivity contribution is -0.134. The second-order valence-corrected chi connectivity index (χ2v) is 8.12. The Balaban J connectivity index is 1.70. The average molecular weight is 369 g/mol. The highest BCUT2D eigenvalue weighted by Crippen LogP contribution is 2.36. The summed E-state index contributed by atoms with van der Waals surface area (Å²) in [4.78, 5) is 17.3. The van der Waals surface area contributed by atoms with Crippen LogP contribution in [0.15, 0.2) is 18.2 Å². The van der Waals surface area contributed by atoms with Gasteiger partial charge in [0.1, 0.15) is 0 Å².